The summed E-state index contributed by atoms with van der Waals surface area (Å²) in [4.78, 5) is 13.8. The van der Waals surface area contributed by atoms with Crippen molar-refractivity contribution in [2.75, 3.05) is 33.7 Å². The van der Waals surface area contributed by atoms with E-state index < -0.39 is 0 Å². The van der Waals surface area contributed by atoms with Crippen LogP contribution in [0.25, 0.3) is 0 Å². The van der Waals surface area contributed by atoms with E-state index in [1.807, 2.05) is 19.0 Å². The van der Waals surface area contributed by atoms with Gasteiger partial charge >= 0.3 is 0 Å². The van der Waals surface area contributed by atoms with Crippen molar-refractivity contribution in [1.29, 1.82) is 0 Å². The molecule has 1 N–H and O–H groups in total. The summed E-state index contributed by atoms with van der Waals surface area (Å²) in [5.41, 5.74) is 0.670. The first-order chi connectivity index (χ1) is 7.63. The topological polar surface area (TPSA) is 32.3 Å². The minimum absolute atomic E-state index is 0.0982. The van der Waals surface area contributed by atoms with E-state index in [0.29, 0.717) is 17.1 Å². The number of benzene rings is 1. The Labute approximate surface area is 101 Å². The molecule has 0 heterocycles. The molecular weight excluding hydrogens is 224 g/mol. The Balaban J connectivity index is 2.52. The van der Waals surface area contributed by atoms with Gasteiger partial charge in [0.2, 0.25) is 0 Å². The van der Waals surface area contributed by atoms with E-state index in [4.69, 9.17) is 11.6 Å². The van der Waals surface area contributed by atoms with Crippen LogP contribution < -0.4 is 5.32 Å². The van der Waals surface area contributed by atoms with Crippen molar-refractivity contribution in [1.82, 2.24) is 10.2 Å². The Morgan fingerprint density at radius 2 is 2.25 bits per heavy atom. The zero-order valence-electron chi connectivity index (χ0n) is 9.66. The molecule has 16 heavy (non-hydrogen) atoms. The van der Waals surface area contributed by atoms with Crippen LogP contribution in [0.15, 0.2) is 24.3 Å². The minimum atomic E-state index is 0.0982. The lowest BCUT2D eigenvalue weighted by Gasteiger charge is -2.15. The standard InChI is InChI=1S/C12H17ClN2O/c1-14-6-7-15(2)9-12(16)10-4-3-5-11(13)8-10/h3-5,8,14H,6-7,9H2,1-2H3. The van der Waals surface area contributed by atoms with Crippen molar-refractivity contribution < 1.29 is 4.79 Å². The predicted octanol–water partition coefficient (Wildman–Crippen LogP) is 1.67. The second-order valence-electron chi connectivity index (χ2n) is 3.77. The first-order valence-corrected chi connectivity index (χ1v) is 5.63. The molecule has 1 aromatic rings. The van der Waals surface area contributed by atoms with Crippen LogP contribution in [0.5, 0.6) is 0 Å². The Kier molecular flexibility index (Phi) is 5.46. The molecule has 0 aliphatic rings. The third-order valence-electron chi connectivity index (χ3n) is 2.30. The van der Waals surface area contributed by atoms with E-state index in [-0.39, 0.29) is 5.78 Å². The van der Waals surface area contributed by atoms with Crippen LogP contribution >= 0.6 is 11.6 Å². The SMILES string of the molecule is CNCCN(C)CC(=O)c1cccc(Cl)c1. The number of carbonyl (C=O) groups is 1. The lowest BCUT2D eigenvalue weighted by Crippen LogP contribution is -2.31. The molecule has 0 radical (unpaired) electrons. The van der Waals surface area contributed by atoms with E-state index in [2.05, 4.69) is 5.32 Å². The molecule has 88 valence electrons. The maximum Gasteiger partial charge on any atom is 0.176 e. The van der Waals surface area contributed by atoms with Gasteiger partial charge in [-0.1, -0.05) is 23.7 Å². The molecule has 0 saturated heterocycles. The van der Waals surface area contributed by atoms with Gasteiger partial charge in [0.25, 0.3) is 0 Å². The molecule has 0 amide bonds. The maximum absolute atomic E-state index is 11.8. The molecule has 1 aromatic carbocycles. The van der Waals surface area contributed by atoms with E-state index in [1.54, 1.807) is 24.3 Å². The zero-order chi connectivity index (χ0) is 12.0. The van der Waals surface area contributed by atoms with Crippen LogP contribution in [0.1, 0.15) is 10.4 Å². The monoisotopic (exact) mass is 240 g/mol. The van der Waals surface area contributed by atoms with Crippen LogP contribution in [0.2, 0.25) is 5.02 Å². The maximum atomic E-state index is 11.8. The van der Waals surface area contributed by atoms with Gasteiger partial charge in [0, 0.05) is 23.7 Å². The first kappa shape index (κ1) is 13.2. The van der Waals surface area contributed by atoms with E-state index >= 15 is 0 Å². The Morgan fingerprint density at radius 1 is 1.50 bits per heavy atom. The highest BCUT2D eigenvalue weighted by atomic mass is 35.5. The second kappa shape index (κ2) is 6.63. The van der Waals surface area contributed by atoms with Gasteiger partial charge in [0.15, 0.2) is 5.78 Å². The first-order valence-electron chi connectivity index (χ1n) is 5.25. The molecule has 0 fully saturated rings. The van der Waals surface area contributed by atoms with Crippen LogP contribution in [0.4, 0.5) is 0 Å². The van der Waals surface area contributed by atoms with Gasteiger partial charge < -0.3 is 5.32 Å². The molecule has 0 unspecified atom stereocenters. The normalized spacial score (nSPS) is 10.8. The minimum Gasteiger partial charge on any atom is -0.318 e. The molecule has 0 aliphatic heterocycles. The second-order valence-corrected chi connectivity index (χ2v) is 4.21. The van der Waals surface area contributed by atoms with Gasteiger partial charge in [0.05, 0.1) is 6.54 Å². The highest BCUT2D eigenvalue weighted by Crippen LogP contribution is 2.11. The molecule has 0 bridgehead atoms. The Bertz CT molecular complexity index is 355. The lowest BCUT2D eigenvalue weighted by atomic mass is 10.1. The highest BCUT2D eigenvalue weighted by Gasteiger charge is 2.08. The van der Waals surface area contributed by atoms with Crippen molar-refractivity contribution in [3.8, 4) is 0 Å². The molecule has 0 atom stereocenters. The largest absolute Gasteiger partial charge is 0.318 e. The van der Waals surface area contributed by atoms with Gasteiger partial charge in [-0.25, -0.2) is 0 Å². The summed E-state index contributed by atoms with van der Waals surface area (Å²) in [5, 5.41) is 3.65. The number of likely N-dealkylation sites (N-methyl/N-ethyl adjacent to an activating group) is 2. The number of ketones is 1. The summed E-state index contributed by atoms with van der Waals surface area (Å²) in [6.45, 7) is 2.14. The summed E-state index contributed by atoms with van der Waals surface area (Å²) in [7, 11) is 3.83. The Morgan fingerprint density at radius 3 is 2.88 bits per heavy atom. The molecule has 0 aromatic heterocycles. The number of carbonyl (C=O) groups excluding carboxylic acids is 1. The van der Waals surface area contributed by atoms with Crippen molar-refractivity contribution in [3.05, 3.63) is 34.9 Å². The fraction of sp³-hybridized carbons (Fsp3) is 0.417. The number of nitrogens with one attached hydrogen (secondary N) is 1. The summed E-state index contributed by atoms with van der Waals surface area (Å²) < 4.78 is 0. The van der Waals surface area contributed by atoms with Crippen LogP contribution in [0, 0.1) is 0 Å². The van der Waals surface area contributed by atoms with Crippen molar-refractivity contribution >= 4 is 17.4 Å². The van der Waals surface area contributed by atoms with Crippen molar-refractivity contribution in [3.63, 3.8) is 0 Å². The number of nitrogens with zero attached hydrogens (tertiary/aromatic N) is 1. The average Bonchev–Trinajstić information content (AvgIpc) is 2.26. The molecule has 1 rings (SSSR count). The average molecular weight is 241 g/mol. The van der Waals surface area contributed by atoms with Gasteiger partial charge in [-0.05, 0) is 26.2 Å². The van der Waals surface area contributed by atoms with E-state index in [1.165, 1.54) is 0 Å². The lowest BCUT2D eigenvalue weighted by molar-refractivity contribution is 0.0947. The summed E-state index contributed by atoms with van der Waals surface area (Å²) in [6.07, 6.45) is 0. The molecule has 0 saturated carbocycles. The number of hydrogen-bond donors (Lipinski definition) is 1. The van der Waals surface area contributed by atoms with Crippen molar-refractivity contribution in [2.24, 2.45) is 0 Å². The third kappa shape index (κ3) is 4.31. The quantitative estimate of drug-likeness (QED) is 0.768. The molecule has 0 spiro atoms. The summed E-state index contributed by atoms with van der Waals surface area (Å²) in [5.74, 6) is 0.0982. The van der Waals surface area contributed by atoms with Gasteiger partial charge in [-0.3, -0.25) is 9.69 Å². The Hall–Kier alpha value is -0.900. The molecule has 4 heteroatoms. The number of Topliss-reactive ketones (excluding diaryl/α,β-unsaturated/α-hetero) is 1. The van der Waals surface area contributed by atoms with Crippen LogP contribution in [-0.2, 0) is 0 Å². The highest BCUT2D eigenvalue weighted by molar-refractivity contribution is 6.31. The van der Waals surface area contributed by atoms with Gasteiger partial charge in [-0.2, -0.15) is 0 Å². The summed E-state index contributed by atoms with van der Waals surface area (Å²) >= 11 is 5.83. The fourth-order valence-electron chi connectivity index (χ4n) is 1.38. The van der Waals surface area contributed by atoms with E-state index in [0.717, 1.165) is 13.1 Å². The van der Waals surface area contributed by atoms with Gasteiger partial charge in [-0.15, -0.1) is 0 Å². The van der Waals surface area contributed by atoms with Crippen LogP contribution in [0.3, 0.4) is 0 Å². The molecule has 3 nitrogen and oxygen atoms in total. The third-order valence-corrected chi connectivity index (χ3v) is 2.54. The van der Waals surface area contributed by atoms with Crippen LogP contribution in [-0.4, -0.2) is 44.4 Å². The number of hydrogen-bond acceptors (Lipinski definition) is 3. The number of halogens is 1. The number of rotatable bonds is 6. The van der Waals surface area contributed by atoms with Gasteiger partial charge in [0.1, 0.15) is 0 Å². The van der Waals surface area contributed by atoms with E-state index in [9.17, 15) is 4.79 Å². The fourth-order valence-corrected chi connectivity index (χ4v) is 1.57. The van der Waals surface area contributed by atoms with Crippen molar-refractivity contribution in [2.45, 2.75) is 0 Å². The molecular formula is C12H17ClN2O. The smallest absolute Gasteiger partial charge is 0.176 e. The summed E-state index contributed by atoms with van der Waals surface area (Å²) in [6, 6.07) is 7.06. The molecule has 0 aliphatic carbocycles. The zero-order valence-corrected chi connectivity index (χ0v) is 10.4. The predicted molar refractivity (Wildman–Crippen MR) is 67.2 cm³/mol.